The van der Waals surface area contributed by atoms with Crippen molar-refractivity contribution in [3.8, 4) is 0 Å². The molecule has 120 valence electrons. The van der Waals surface area contributed by atoms with Gasteiger partial charge in [0.25, 0.3) is 5.56 Å². The summed E-state index contributed by atoms with van der Waals surface area (Å²) in [6.07, 6.45) is 0.648. The van der Waals surface area contributed by atoms with E-state index >= 15 is 0 Å². The molecule has 7 heteroatoms. The molecular weight excluding hydrogens is 314 g/mol. The van der Waals surface area contributed by atoms with Crippen LogP contribution in [0.25, 0.3) is 0 Å². The Kier molecular flexibility index (Phi) is 5.70. The average molecular weight is 331 g/mol. The summed E-state index contributed by atoms with van der Waals surface area (Å²) in [6.45, 7) is 3.35. The Bertz CT molecular complexity index is 786. The minimum atomic E-state index is -0.270. The van der Waals surface area contributed by atoms with Gasteiger partial charge in [-0.05, 0) is 25.5 Å². The summed E-state index contributed by atoms with van der Waals surface area (Å²) in [7, 11) is 0. The summed E-state index contributed by atoms with van der Waals surface area (Å²) < 4.78 is 0. The Morgan fingerprint density at radius 3 is 2.74 bits per heavy atom. The van der Waals surface area contributed by atoms with Gasteiger partial charge in [0.05, 0.1) is 11.4 Å². The number of para-hydroxylation sites is 1. The normalized spacial score (nSPS) is 10.3. The van der Waals surface area contributed by atoms with Gasteiger partial charge in [0.1, 0.15) is 0 Å². The molecule has 0 bridgehead atoms. The van der Waals surface area contributed by atoms with Crippen LogP contribution in [0, 0.1) is 0 Å². The van der Waals surface area contributed by atoms with Gasteiger partial charge in [0.15, 0.2) is 10.9 Å². The lowest BCUT2D eigenvalue weighted by atomic mass is 10.1. The number of benzene rings is 1. The SMILES string of the molecule is CCc1cc(=O)[nH]c(SCC(=O)Nc2ccccc2C(C)=O)n1. The zero-order valence-corrected chi connectivity index (χ0v) is 13.7. The summed E-state index contributed by atoms with van der Waals surface area (Å²) in [4.78, 5) is 41.9. The number of aromatic amines is 1. The fourth-order valence-corrected chi connectivity index (χ4v) is 2.65. The van der Waals surface area contributed by atoms with Gasteiger partial charge < -0.3 is 10.3 Å². The van der Waals surface area contributed by atoms with Crippen LogP contribution >= 0.6 is 11.8 Å². The van der Waals surface area contributed by atoms with Gasteiger partial charge in [-0.2, -0.15) is 0 Å². The Morgan fingerprint density at radius 1 is 1.30 bits per heavy atom. The number of Topliss-reactive ketones (excluding diaryl/α,β-unsaturated/α-hetero) is 1. The number of nitrogens with one attached hydrogen (secondary N) is 2. The first-order valence-corrected chi connectivity index (χ1v) is 8.11. The first kappa shape index (κ1) is 17.0. The quantitative estimate of drug-likeness (QED) is 0.481. The number of anilines is 1. The molecule has 6 nitrogen and oxygen atoms in total. The second-order valence-corrected chi connectivity index (χ2v) is 5.80. The molecule has 0 spiro atoms. The lowest BCUT2D eigenvalue weighted by Gasteiger charge is -2.08. The maximum absolute atomic E-state index is 12.0. The molecule has 0 saturated carbocycles. The number of H-pyrrole nitrogens is 1. The number of aryl methyl sites for hydroxylation is 1. The van der Waals surface area contributed by atoms with Crippen molar-refractivity contribution >= 4 is 29.1 Å². The van der Waals surface area contributed by atoms with Crippen LogP contribution in [-0.4, -0.2) is 27.4 Å². The van der Waals surface area contributed by atoms with Crippen molar-refractivity contribution in [3.05, 3.63) is 51.9 Å². The van der Waals surface area contributed by atoms with Crippen molar-refractivity contribution in [2.45, 2.75) is 25.4 Å². The van der Waals surface area contributed by atoms with E-state index in [1.54, 1.807) is 24.3 Å². The molecule has 1 amide bonds. The van der Waals surface area contributed by atoms with E-state index in [4.69, 9.17) is 0 Å². The molecule has 0 fully saturated rings. The van der Waals surface area contributed by atoms with Crippen LogP contribution < -0.4 is 10.9 Å². The summed E-state index contributed by atoms with van der Waals surface area (Å²) >= 11 is 1.14. The number of thioether (sulfide) groups is 1. The number of rotatable bonds is 6. The maximum atomic E-state index is 12.0. The fraction of sp³-hybridized carbons (Fsp3) is 0.250. The van der Waals surface area contributed by atoms with E-state index < -0.39 is 0 Å². The standard InChI is InChI=1S/C16H17N3O3S/c1-3-11-8-14(21)19-16(17-11)23-9-15(22)18-13-7-5-4-6-12(13)10(2)20/h4-8H,3,9H2,1-2H3,(H,18,22)(H,17,19,21). The third-order valence-corrected chi connectivity index (χ3v) is 3.93. The number of nitrogens with zero attached hydrogens (tertiary/aromatic N) is 1. The average Bonchev–Trinajstić information content (AvgIpc) is 2.52. The van der Waals surface area contributed by atoms with Gasteiger partial charge in [-0.15, -0.1) is 0 Å². The van der Waals surface area contributed by atoms with Crippen molar-refractivity contribution in [1.29, 1.82) is 0 Å². The molecule has 2 rings (SSSR count). The van der Waals surface area contributed by atoms with E-state index in [1.165, 1.54) is 13.0 Å². The molecule has 2 N–H and O–H groups in total. The largest absolute Gasteiger partial charge is 0.325 e. The van der Waals surface area contributed by atoms with Crippen LogP contribution in [0.2, 0.25) is 0 Å². The van der Waals surface area contributed by atoms with Gasteiger partial charge in [0.2, 0.25) is 5.91 Å². The Hall–Kier alpha value is -2.41. The number of hydrogen-bond donors (Lipinski definition) is 2. The van der Waals surface area contributed by atoms with Crippen LogP contribution in [0.1, 0.15) is 29.9 Å². The van der Waals surface area contributed by atoms with Gasteiger partial charge in [-0.3, -0.25) is 14.4 Å². The first-order valence-electron chi connectivity index (χ1n) is 7.12. The van der Waals surface area contributed by atoms with E-state index in [0.29, 0.717) is 28.5 Å². The van der Waals surface area contributed by atoms with Crippen molar-refractivity contribution in [1.82, 2.24) is 9.97 Å². The molecule has 1 heterocycles. The van der Waals surface area contributed by atoms with Crippen LogP contribution in [0.15, 0.2) is 40.3 Å². The van der Waals surface area contributed by atoms with Crippen molar-refractivity contribution in [3.63, 3.8) is 0 Å². The van der Waals surface area contributed by atoms with Crippen LogP contribution in [0.3, 0.4) is 0 Å². The molecule has 0 radical (unpaired) electrons. The Balaban J connectivity index is 2.02. The number of carbonyl (C=O) groups excluding carboxylic acids is 2. The summed E-state index contributed by atoms with van der Waals surface area (Å²) in [5.74, 6) is -0.300. The smallest absolute Gasteiger partial charge is 0.251 e. The van der Waals surface area contributed by atoms with Gasteiger partial charge in [-0.1, -0.05) is 30.8 Å². The monoisotopic (exact) mass is 331 g/mol. The number of aromatic nitrogens is 2. The second kappa shape index (κ2) is 7.73. The minimum Gasteiger partial charge on any atom is -0.325 e. The van der Waals surface area contributed by atoms with E-state index in [1.807, 2.05) is 6.92 Å². The number of ketones is 1. The second-order valence-electron chi connectivity index (χ2n) is 4.83. The number of amides is 1. The van der Waals surface area contributed by atoms with Gasteiger partial charge in [0, 0.05) is 17.3 Å². The van der Waals surface area contributed by atoms with Gasteiger partial charge in [-0.25, -0.2) is 4.98 Å². The first-order chi connectivity index (χ1) is 11.0. The van der Waals surface area contributed by atoms with E-state index in [-0.39, 0.29) is 23.0 Å². The maximum Gasteiger partial charge on any atom is 0.251 e. The van der Waals surface area contributed by atoms with Crippen molar-refractivity contribution in [2.75, 3.05) is 11.1 Å². The summed E-state index contributed by atoms with van der Waals surface area (Å²) in [5, 5.41) is 3.11. The Morgan fingerprint density at radius 2 is 2.04 bits per heavy atom. The molecule has 0 aliphatic carbocycles. The molecule has 0 atom stereocenters. The number of carbonyl (C=O) groups is 2. The third-order valence-electron chi connectivity index (χ3n) is 3.06. The lowest BCUT2D eigenvalue weighted by molar-refractivity contribution is -0.113. The highest BCUT2D eigenvalue weighted by atomic mass is 32.2. The zero-order valence-electron chi connectivity index (χ0n) is 12.9. The fourth-order valence-electron chi connectivity index (χ4n) is 1.95. The summed E-state index contributed by atoms with van der Waals surface area (Å²) in [5.41, 5.74) is 1.39. The zero-order chi connectivity index (χ0) is 16.8. The van der Waals surface area contributed by atoms with Crippen LogP contribution in [0.4, 0.5) is 5.69 Å². The van der Waals surface area contributed by atoms with E-state index in [0.717, 1.165) is 11.8 Å². The van der Waals surface area contributed by atoms with Crippen molar-refractivity contribution < 1.29 is 9.59 Å². The predicted molar refractivity (Wildman–Crippen MR) is 90.0 cm³/mol. The Labute approximate surface area is 137 Å². The molecule has 0 saturated heterocycles. The van der Waals surface area contributed by atoms with E-state index in [9.17, 15) is 14.4 Å². The molecule has 2 aromatic rings. The number of hydrogen-bond acceptors (Lipinski definition) is 5. The topological polar surface area (TPSA) is 91.9 Å². The van der Waals surface area contributed by atoms with Crippen LogP contribution in [-0.2, 0) is 11.2 Å². The lowest BCUT2D eigenvalue weighted by Crippen LogP contribution is -2.17. The minimum absolute atomic E-state index is 0.0857. The predicted octanol–water partition coefficient (Wildman–Crippen LogP) is 2.27. The van der Waals surface area contributed by atoms with Gasteiger partial charge >= 0.3 is 0 Å². The van der Waals surface area contributed by atoms with E-state index in [2.05, 4.69) is 15.3 Å². The molecule has 0 aliphatic rings. The highest BCUT2D eigenvalue weighted by Gasteiger charge is 2.11. The molecule has 1 aromatic carbocycles. The molecule has 0 aliphatic heterocycles. The summed E-state index contributed by atoms with van der Waals surface area (Å²) in [6, 6.07) is 8.27. The highest BCUT2D eigenvalue weighted by molar-refractivity contribution is 7.99. The third kappa shape index (κ3) is 4.79. The highest BCUT2D eigenvalue weighted by Crippen LogP contribution is 2.17. The molecular formula is C16H17N3O3S. The van der Waals surface area contributed by atoms with Crippen LogP contribution in [0.5, 0.6) is 0 Å². The molecule has 23 heavy (non-hydrogen) atoms. The molecule has 0 unspecified atom stereocenters. The molecule has 1 aromatic heterocycles. The van der Waals surface area contributed by atoms with Crippen molar-refractivity contribution in [2.24, 2.45) is 0 Å².